The fraction of sp³-hybridized carbons (Fsp3) is 0.273. The van der Waals surface area contributed by atoms with E-state index in [0.717, 1.165) is 6.42 Å². The molecule has 1 aliphatic carbocycles. The molecule has 0 aromatic heterocycles. The molecule has 1 unspecified atom stereocenters. The van der Waals surface area contributed by atoms with Crippen molar-refractivity contribution < 1.29 is 0 Å². The third-order valence-electron chi connectivity index (χ3n) is 4.63. The summed E-state index contributed by atoms with van der Waals surface area (Å²) in [5, 5.41) is 3.17. The summed E-state index contributed by atoms with van der Waals surface area (Å²) in [6, 6.07) is 19.6. The van der Waals surface area contributed by atoms with Gasteiger partial charge in [0.1, 0.15) is 0 Å². The van der Waals surface area contributed by atoms with Crippen molar-refractivity contribution in [3.63, 3.8) is 0 Å². The molecular weight excluding hydrogens is 306 g/mol. The highest BCUT2D eigenvalue weighted by Gasteiger charge is 2.25. The molecule has 0 spiro atoms. The first-order valence-electron chi connectivity index (χ1n) is 8.90. The fourth-order valence-corrected chi connectivity index (χ4v) is 6.52. The molecule has 2 aromatic rings. The van der Waals surface area contributed by atoms with Crippen LogP contribution < -0.4 is 10.2 Å². The monoisotopic (exact) mass is 333 g/mol. The molecule has 0 bridgehead atoms. The van der Waals surface area contributed by atoms with E-state index >= 15 is 0 Å². The van der Waals surface area contributed by atoms with Gasteiger partial charge in [0, 0.05) is 5.69 Å². The van der Waals surface area contributed by atoms with Crippen LogP contribution in [0.3, 0.4) is 0 Å². The average Bonchev–Trinajstić information content (AvgIpc) is 3.01. The Balaban J connectivity index is 2.01. The summed E-state index contributed by atoms with van der Waals surface area (Å²) < 4.78 is 0. The van der Waals surface area contributed by atoms with Gasteiger partial charge in [0.2, 0.25) is 0 Å². The third-order valence-corrected chi connectivity index (χ3v) is 7.83. The van der Waals surface area contributed by atoms with Crippen LogP contribution in [0.15, 0.2) is 77.5 Å². The van der Waals surface area contributed by atoms with E-state index in [1.807, 2.05) is 0 Å². The minimum Gasteiger partial charge on any atom is -0.406 e. The smallest absolute Gasteiger partial charge is 0.198 e. The number of anilines is 1. The van der Waals surface area contributed by atoms with Gasteiger partial charge in [-0.3, -0.25) is 0 Å². The largest absolute Gasteiger partial charge is 0.406 e. The lowest BCUT2D eigenvalue weighted by molar-refractivity contribution is 0.649. The lowest BCUT2D eigenvalue weighted by atomic mass is 10.0. The second-order valence-electron chi connectivity index (χ2n) is 7.05. The number of rotatable bonds is 6. The highest BCUT2D eigenvalue weighted by molar-refractivity contribution is 6.83. The zero-order chi connectivity index (χ0) is 16.9. The van der Waals surface area contributed by atoms with Crippen molar-refractivity contribution in [2.75, 3.05) is 4.98 Å². The van der Waals surface area contributed by atoms with Crippen LogP contribution in [0.2, 0.25) is 0 Å². The topological polar surface area (TPSA) is 12.0 Å². The second kappa shape index (κ2) is 7.67. The number of nitrogens with one attached hydrogen (secondary N) is 1. The van der Waals surface area contributed by atoms with Crippen molar-refractivity contribution in [3.8, 4) is 0 Å². The summed E-state index contributed by atoms with van der Waals surface area (Å²) in [7, 11) is -1.46. The Bertz CT molecular complexity index is 744. The highest BCUT2D eigenvalue weighted by Crippen LogP contribution is 2.27. The normalized spacial score (nSPS) is 15.2. The number of allylic oxidation sites excluding steroid dienone is 4. The molecule has 0 amide bonds. The summed E-state index contributed by atoms with van der Waals surface area (Å²) in [5.41, 5.74) is 4.20. The van der Waals surface area contributed by atoms with Gasteiger partial charge in [0.15, 0.2) is 8.96 Å². The van der Waals surface area contributed by atoms with E-state index in [1.165, 1.54) is 22.9 Å². The van der Waals surface area contributed by atoms with Gasteiger partial charge in [-0.25, -0.2) is 0 Å². The maximum Gasteiger partial charge on any atom is 0.198 e. The molecule has 124 valence electrons. The van der Waals surface area contributed by atoms with E-state index < -0.39 is 8.96 Å². The summed E-state index contributed by atoms with van der Waals surface area (Å²) in [6.07, 6.45) is 6.99. The van der Waals surface area contributed by atoms with Crippen molar-refractivity contribution in [1.29, 1.82) is 0 Å². The molecule has 2 heteroatoms. The number of aryl methyl sites for hydroxylation is 1. The zero-order valence-corrected chi connectivity index (χ0v) is 16.1. The SMILES string of the molecule is Cc1ccccc1[SiH](Nc1ccccc1)C1=C(CC(C)C)C=CC1. The Morgan fingerprint density at radius 1 is 1.00 bits per heavy atom. The summed E-state index contributed by atoms with van der Waals surface area (Å²) in [4.78, 5) is 3.92. The number of benzene rings is 2. The van der Waals surface area contributed by atoms with E-state index in [-0.39, 0.29) is 0 Å². The molecule has 0 fully saturated rings. The molecule has 0 aliphatic heterocycles. The van der Waals surface area contributed by atoms with Gasteiger partial charge in [-0.2, -0.15) is 0 Å². The van der Waals surface area contributed by atoms with Crippen LogP contribution in [0.1, 0.15) is 32.3 Å². The predicted octanol–water partition coefficient (Wildman–Crippen LogP) is 4.88. The quantitative estimate of drug-likeness (QED) is 0.743. The summed E-state index contributed by atoms with van der Waals surface area (Å²) >= 11 is 0. The van der Waals surface area contributed by atoms with Gasteiger partial charge in [-0.15, -0.1) is 0 Å². The molecule has 3 rings (SSSR count). The van der Waals surface area contributed by atoms with Crippen molar-refractivity contribution in [2.24, 2.45) is 5.92 Å². The van der Waals surface area contributed by atoms with Crippen LogP contribution in [-0.4, -0.2) is 8.96 Å². The van der Waals surface area contributed by atoms with E-state index in [2.05, 4.69) is 92.5 Å². The molecule has 0 heterocycles. The van der Waals surface area contributed by atoms with Crippen LogP contribution in [0, 0.1) is 12.8 Å². The third kappa shape index (κ3) is 3.88. The van der Waals surface area contributed by atoms with Gasteiger partial charge in [0.05, 0.1) is 0 Å². The Morgan fingerprint density at radius 2 is 1.71 bits per heavy atom. The molecule has 1 atom stereocenters. The molecule has 1 N–H and O–H groups in total. The molecule has 24 heavy (non-hydrogen) atoms. The van der Waals surface area contributed by atoms with Crippen molar-refractivity contribution in [2.45, 2.75) is 33.6 Å². The fourth-order valence-electron chi connectivity index (χ4n) is 3.47. The molecule has 0 saturated carbocycles. The van der Waals surface area contributed by atoms with Crippen LogP contribution in [0.4, 0.5) is 5.69 Å². The summed E-state index contributed by atoms with van der Waals surface area (Å²) in [6.45, 7) is 6.87. The Labute approximate surface area is 147 Å². The van der Waals surface area contributed by atoms with Crippen molar-refractivity contribution in [1.82, 2.24) is 0 Å². The van der Waals surface area contributed by atoms with Gasteiger partial charge in [-0.05, 0) is 48.6 Å². The van der Waals surface area contributed by atoms with Gasteiger partial charge in [0.25, 0.3) is 0 Å². The number of para-hydroxylation sites is 1. The number of hydrogen-bond donors (Lipinski definition) is 1. The van der Waals surface area contributed by atoms with E-state index in [1.54, 1.807) is 10.8 Å². The first-order chi connectivity index (χ1) is 11.6. The zero-order valence-electron chi connectivity index (χ0n) is 14.9. The van der Waals surface area contributed by atoms with Crippen LogP contribution in [-0.2, 0) is 0 Å². The number of hydrogen-bond acceptors (Lipinski definition) is 1. The maximum absolute atomic E-state index is 3.92. The van der Waals surface area contributed by atoms with Gasteiger partial charge >= 0.3 is 0 Å². The minimum atomic E-state index is -1.46. The molecule has 2 aromatic carbocycles. The highest BCUT2D eigenvalue weighted by atomic mass is 28.3. The first kappa shape index (κ1) is 16.8. The van der Waals surface area contributed by atoms with Crippen molar-refractivity contribution in [3.05, 3.63) is 83.1 Å². The Morgan fingerprint density at radius 3 is 2.42 bits per heavy atom. The molecule has 1 aliphatic rings. The summed E-state index contributed by atoms with van der Waals surface area (Å²) in [5.74, 6) is 0.695. The second-order valence-corrected chi connectivity index (χ2v) is 9.53. The standard InChI is InChI=1S/C22H27NSi/c1-17(2)16-19-11-9-15-22(19)24(21-14-8-7-10-18(21)3)23-20-12-5-4-6-13-20/h4-14,17,23-24H,15-16H2,1-3H3. The van der Waals surface area contributed by atoms with Crippen molar-refractivity contribution >= 4 is 19.8 Å². The van der Waals surface area contributed by atoms with E-state index in [0.29, 0.717) is 5.92 Å². The van der Waals surface area contributed by atoms with E-state index in [9.17, 15) is 0 Å². The van der Waals surface area contributed by atoms with Crippen LogP contribution >= 0.6 is 0 Å². The lowest BCUT2D eigenvalue weighted by Crippen LogP contribution is -2.42. The average molecular weight is 334 g/mol. The Hall–Kier alpha value is -2.06. The Kier molecular flexibility index (Phi) is 5.36. The minimum absolute atomic E-state index is 0.695. The predicted molar refractivity (Wildman–Crippen MR) is 108 cm³/mol. The molecule has 0 radical (unpaired) electrons. The van der Waals surface area contributed by atoms with Gasteiger partial charge in [-0.1, -0.05) is 79.2 Å². The molecule has 1 nitrogen and oxygen atoms in total. The van der Waals surface area contributed by atoms with Crippen LogP contribution in [0.25, 0.3) is 0 Å². The van der Waals surface area contributed by atoms with Crippen LogP contribution in [0.5, 0.6) is 0 Å². The molecule has 0 saturated heterocycles. The van der Waals surface area contributed by atoms with Gasteiger partial charge < -0.3 is 4.98 Å². The maximum atomic E-state index is 3.92. The lowest BCUT2D eigenvalue weighted by Gasteiger charge is -2.24. The van der Waals surface area contributed by atoms with E-state index in [4.69, 9.17) is 0 Å². The first-order valence-corrected chi connectivity index (χ1v) is 10.6. The molecular formula is C22H27NSi.